The van der Waals surface area contributed by atoms with Gasteiger partial charge in [0.2, 0.25) is 0 Å². The number of nitrogens with zero attached hydrogens (tertiary/aromatic N) is 1. The van der Waals surface area contributed by atoms with E-state index in [0.29, 0.717) is 18.5 Å². The number of hydrogen-bond donors (Lipinski definition) is 1. The van der Waals surface area contributed by atoms with Gasteiger partial charge in [-0.2, -0.15) is 0 Å². The quantitative estimate of drug-likeness (QED) is 0.907. The van der Waals surface area contributed by atoms with Crippen LogP contribution in [0.25, 0.3) is 0 Å². The Hall–Kier alpha value is -0.670. The predicted octanol–water partition coefficient (Wildman–Crippen LogP) is 3.56. The minimum atomic E-state index is 0.554. The zero-order valence-corrected chi connectivity index (χ0v) is 11.7. The molecule has 1 fully saturated rings. The van der Waals surface area contributed by atoms with Crippen LogP contribution in [0.15, 0.2) is 29.3 Å². The first kappa shape index (κ1) is 12.8. The van der Waals surface area contributed by atoms with E-state index in [4.69, 9.17) is 11.6 Å². The van der Waals surface area contributed by atoms with Crippen molar-refractivity contribution in [1.29, 1.82) is 0 Å². The molecule has 2 rings (SSSR count). The Labute approximate surface area is 112 Å². The average molecular weight is 269 g/mol. The molecule has 1 aromatic carbocycles. The highest BCUT2D eigenvalue weighted by Crippen LogP contribution is 2.20. The Balaban J connectivity index is 1.94. The lowest BCUT2D eigenvalue weighted by atomic mass is 10.1. The second-order valence-corrected chi connectivity index (χ2v) is 6.00. The first-order valence-electron chi connectivity index (χ1n) is 5.83. The molecule has 0 saturated carbocycles. The Kier molecular flexibility index (Phi) is 4.35. The van der Waals surface area contributed by atoms with Crippen LogP contribution in [0.5, 0.6) is 0 Å². The molecule has 1 aliphatic rings. The van der Waals surface area contributed by atoms with E-state index in [0.717, 1.165) is 21.5 Å². The molecule has 1 N–H and O–H groups in total. The number of nitrogens with one attached hydrogen (secondary N) is 1. The molecule has 1 aromatic rings. The first-order valence-corrected chi connectivity index (χ1v) is 7.20. The van der Waals surface area contributed by atoms with Crippen LogP contribution in [0.3, 0.4) is 0 Å². The second kappa shape index (κ2) is 5.78. The van der Waals surface area contributed by atoms with E-state index in [1.165, 1.54) is 0 Å². The highest BCUT2D eigenvalue weighted by molar-refractivity contribution is 8.14. The fourth-order valence-electron chi connectivity index (χ4n) is 1.66. The van der Waals surface area contributed by atoms with E-state index in [1.54, 1.807) is 0 Å². The fraction of sp³-hybridized carbons (Fsp3) is 0.462. The molecule has 0 aliphatic carbocycles. The van der Waals surface area contributed by atoms with Gasteiger partial charge < -0.3 is 5.32 Å². The van der Waals surface area contributed by atoms with Crippen LogP contribution in [0.2, 0.25) is 5.02 Å². The van der Waals surface area contributed by atoms with Gasteiger partial charge in [0.1, 0.15) is 0 Å². The summed E-state index contributed by atoms with van der Waals surface area (Å²) >= 11 is 7.74. The highest BCUT2D eigenvalue weighted by atomic mass is 35.5. The summed E-state index contributed by atoms with van der Waals surface area (Å²) in [5.74, 6) is 1.77. The molecule has 4 heteroatoms. The van der Waals surface area contributed by atoms with Crippen molar-refractivity contribution in [3.63, 3.8) is 0 Å². The van der Waals surface area contributed by atoms with Crippen molar-refractivity contribution in [2.75, 3.05) is 5.75 Å². The maximum absolute atomic E-state index is 5.94. The van der Waals surface area contributed by atoms with Crippen molar-refractivity contribution in [1.82, 2.24) is 5.32 Å². The number of rotatable bonds is 3. The zero-order chi connectivity index (χ0) is 12.3. The van der Waals surface area contributed by atoms with Crippen molar-refractivity contribution in [2.45, 2.75) is 26.4 Å². The van der Waals surface area contributed by atoms with Crippen LogP contribution in [0.1, 0.15) is 19.4 Å². The van der Waals surface area contributed by atoms with E-state index in [1.807, 2.05) is 30.0 Å². The summed E-state index contributed by atoms with van der Waals surface area (Å²) < 4.78 is 0. The summed E-state index contributed by atoms with van der Waals surface area (Å²) in [6.45, 7) is 5.16. The lowest BCUT2D eigenvalue weighted by Crippen LogP contribution is -2.31. The first-order chi connectivity index (χ1) is 8.15. The van der Waals surface area contributed by atoms with Gasteiger partial charge in [0.25, 0.3) is 0 Å². The van der Waals surface area contributed by atoms with Crippen molar-refractivity contribution < 1.29 is 0 Å². The third kappa shape index (κ3) is 3.65. The van der Waals surface area contributed by atoms with Crippen LogP contribution < -0.4 is 5.32 Å². The maximum atomic E-state index is 5.94. The molecular formula is C13H17ClN2S. The average Bonchev–Trinajstić information content (AvgIpc) is 2.75. The van der Waals surface area contributed by atoms with E-state index in [9.17, 15) is 0 Å². The van der Waals surface area contributed by atoms with Gasteiger partial charge in [-0.3, -0.25) is 4.99 Å². The molecule has 1 heterocycles. The third-order valence-electron chi connectivity index (χ3n) is 2.81. The van der Waals surface area contributed by atoms with E-state index >= 15 is 0 Å². The zero-order valence-electron chi connectivity index (χ0n) is 10.1. The molecule has 1 unspecified atom stereocenters. The molecule has 1 aliphatic heterocycles. The van der Waals surface area contributed by atoms with Gasteiger partial charge in [0.15, 0.2) is 5.17 Å². The maximum Gasteiger partial charge on any atom is 0.157 e. The van der Waals surface area contributed by atoms with Crippen molar-refractivity contribution in [2.24, 2.45) is 10.9 Å². The van der Waals surface area contributed by atoms with Gasteiger partial charge in [-0.05, 0) is 23.6 Å². The minimum Gasteiger partial charge on any atom is -0.361 e. The van der Waals surface area contributed by atoms with Crippen molar-refractivity contribution in [3.05, 3.63) is 34.9 Å². The summed E-state index contributed by atoms with van der Waals surface area (Å²) in [6, 6.07) is 8.42. The van der Waals surface area contributed by atoms with Gasteiger partial charge in [-0.25, -0.2) is 0 Å². The van der Waals surface area contributed by atoms with Crippen LogP contribution >= 0.6 is 23.4 Å². The lowest BCUT2D eigenvalue weighted by Gasteiger charge is -2.13. The van der Waals surface area contributed by atoms with Gasteiger partial charge in [0.05, 0.1) is 6.54 Å². The SMILES string of the molecule is CC(C)C1CSC(=NCc2cccc(Cl)c2)N1. The molecule has 92 valence electrons. The van der Waals surface area contributed by atoms with Gasteiger partial charge in [0, 0.05) is 16.8 Å². The summed E-state index contributed by atoms with van der Waals surface area (Å²) in [4.78, 5) is 4.58. The molecule has 17 heavy (non-hydrogen) atoms. The number of hydrogen-bond acceptors (Lipinski definition) is 2. The Bertz CT molecular complexity index is 418. The molecule has 0 bridgehead atoms. The van der Waals surface area contributed by atoms with Gasteiger partial charge in [-0.1, -0.05) is 49.3 Å². The van der Waals surface area contributed by atoms with Crippen LogP contribution in [0.4, 0.5) is 0 Å². The third-order valence-corrected chi connectivity index (χ3v) is 4.09. The standard InChI is InChI=1S/C13H17ClN2S/c1-9(2)12-8-17-13(16-12)15-7-10-4-3-5-11(14)6-10/h3-6,9,12H,7-8H2,1-2H3,(H,15,16). The van der Waals surface area contributed by atoms with Crippen molar-refractivity contribution >= 4 is 28.5 Å². The van der Waals surface area contributed by atoms with Crippen molar-refractivity contribution in [3.8, 4) is 0 Å². The molecule has 2 nitrogen and oxygen atoms in total. The number of thioether (sulfide) groups is 1. The van der Waals surface area contributed by atoms with Gasteiger partial charge in [-0.15, -0.1) is 0 Å². The summed E-state index contributed by atoms with van der Waals surface area (Å²) in [5, 5.41) is 5.29. The van der Waals surface area contributed by atoms with Crippen LogP contribution in [-0.4, -0.2) is 17.0 Å². The number of aliphatic imine (C=N–C) groups is 1. The number of halogens is 1. The second-order valence-electron chi connectivity index (χ2n) is 4.56. The largest absolute Gasteiger partial charge is 0.361 e. The minimum absolute atomic E-state index is 0.554. The molecule has 1 saturated heterocycles. The summed E-state index contributed by atoms with van der Waals surface area (Å²) in [7, 11) is 0. The van der Waals surface area contributed by atoms with E-state index in [-0.39, 0.29) is 0 Å². The van der Waals surface area contributed by atoms with E-state index in [2.05, 4.69) is 30.2 Å². The molecule has 0 spiro atoms. The topological polar surface area (TPSA) is 24.4 Å². The Morgan fingerprint density at radius 3 is 3.00 bits per heavy atom. The fourth-order valence-corrected chi connectivity index (χ4v) is 3.07. The highest BCUT2D eigenvalue weighted by Gasteiger charge is 2.22. The monoisotopic (exact) mass is 268 g/mol. The molecule has 1 atom stereocenters. The number of amidine groups is 1. The molecule has 0 radical (unpaired) electrons. The molecule has 0 aromatic heterocycles. The molecule has 0 amide bonds. The van der Waals surface area contributed by atoms with Gasteiger partial charge >= 0.3 is 0 Å². The normalized spacial score (nSPS) is 22.1. The Morgan fingerprint density at radius 2 is 2.35 bits per heavy atom. The Morgan fingerprint density at radius 1 is 1.53 bits per heavy atom. The summed E-state index contributed by atoms with van der Waals surface area (Å²) in [5.41, 5.74) is 1.15. The molecular weight excluding hydrogens is 252 g/mol. The van der Waals surface area contributed by atoms with Crippen LogP contribution in [0, 0.1) is 5.92 Å². The summed E-state index contributed by atoms with van der Waals surface area (Å²) in [6.07, 6.45) is 0. The lowest BCUT2D eigenvalue weighted by molar-refractivity contribution is 0.503. The van der Waals surface area contributed by atoms with E-state index < -0.39 is 0 Å². The predicted molar refractivity (Wildman–Crippen MR) is 76.8 cm³/mol. The number of benzene rings is 1. The smallest absolute Gasteiger partial charge is 0.157 e. The van der Waals surface area contributed by atoms with Crippen LogP contribution in [-0.2, 0) is 6.54 Å².